The van der Waals surface area contributed by atoms with E-state index in [1.54, 1.807) is 12.3 Å². The molecule has 0 aliphatic rings. The average Bonchev–Trinajstić information content (AvgIpc) is 2.36. The summed E-state index contributed by atoms with van der Waals surface area (Å²) in [5.41, 5.74) is 7.78. The third-order valence-corrected chi connectivity index (χ3v) is 3.37. The van der Waals surface area contributed by atoms with Gasteiger partial charge in [0, 0.05) is 24.4 Å². The molecule has 4 heteroatoms. The molecule has 2 N–H and O–H groups in total. The van der Waals surface area contributed by atoms with Crippen molar-refractivity contribution >= 4 is 23.2 Å². The van der Waals surface area contributed by atoms with Crippen LogP contribution in [-0.2, 0) is 0 Å². The monoisotopic (exact) mass is 266 g/mol. The van der Waals surface area contributed by atoms with Crippen molar-refractivity contribution in [2.45, 2.75) is 5.92 Å². The number of hydrogen-bond donors (Lipinski definition) is 1. The number of nitrogens with two attached hydrogens (primary N) is 1. The van der Waals surface area contributed by atoms with Gasteiger partial charge >= 0.3 is 0 Å². The lowest BCUT2D eigenvalue weighted by molar-refractivity contribution is 0.787. The summed E-state index contributed by atoms with van der Waals surface area (Å²) in [6.45, 7) is 0.481. The van der Waals surface area contributed by atoms with Crippen molar-refractivity contribution in [3.63, 3.8) is 0 Å². The van der Waals surface area contributed by atoms with Crippen molar-refractivity contribution < 1.29 is 0 Å². The van der Waals surface area contributed by atoms with Crippen LogP contribution in [-0.4, -0.2) is 11.5 Å². The Balaban J connectivity index is 2.39. The molecule has 0 aliphatic carbocycles. The van der Waals surface area contributed by atoms with E-state index in [4.69, 9.17) is 28.9 Å². The van der Waals surface area contributed by atoms with Crippen LogP contribution in [0.2, 0.25) is 10.0 Å². The minimum absolute atomic E-state index is 0.0472. The van der Waals surface area contributed by atoms with Crippen LogP contribution in [0, 0.1) is 0 Å². The standard InChI is InChI=1S/C13H12Cl2N2/c14-11-5-4-9(7-12(11)15)10(8-16)13-3-1-2-6-17-13/h1-7,10H,8,16H2. The van der Waals surface area contributed by atoms with E-state index >= 15 is 0 Å². The molecular formula is C13H12Cl2N2. The third-order valence-electron chi connectivity index (χ3n) is 2.63. The number of benzene rings is 1. The zero-order chi connectivity index (χ0) is 12.3. The van der Waals surface area contributed by atoms with Crippen molar-refractivity contribution in [1.82, 2.24) is 4.98 Å². The van der Waals surface area contributed by atoms with Crippen molar-refractivity contribution in [3.8, 4) is 0 Å². The Hall–Kier alpha value is -1.09. The Morgan fingerprint density at radius 1 is 1.12 bits per heavy atom. The summed E-state index contributed by atoms with van der Waals surface area (Å²) in [7, 11) is 0. The van der Waals surface area contributed by atoms with Gasteiger partial charge in [-0.3, -0.25) is 4.98 Å². The maximum absolute atomic E-state index is 6.01. The molecule has 0 spiro atoms. The lowest BCUT2D eigenvalue weighted by atomic mass is 9.95. The van der Waals surface area contributed by atoms with Crippen molar-refractivity contribution in [2.75, 3.05) is 6.54 Å². The van der Waals surface area contributed by atoms with Crippen LogP contribution >= 0.6 is 23.2 Å². The first-order valence-corrected chi connectivity index (χ1v) is 6.04. The van der Waals surface area contributed by atoms with Gasteiger partial charge < -0.3 is 5.73 Å². The van der Waals surface area contributed by atoms with E-state index in [0.29, 0.717) is 16.6 Å². The number of halogens is 2. The molecule has 17 heavy (non-hydrogen) atoms. The molecule has 0 fully saturated rings. The van der Waals surface area contributed by atoms with Gasteiger partial charge in [-0.25, -0.2) is 0 Å². The quantitative estimate of drug-likeness (QED) is 0.924. The molecule has 0 aliphatic heterocycles. The third kappa shape index (κ3) is 2.78. The van der Waals surface area contributed by atoms with Crippen LogP contribution in [0.25, 0.3) is 0 Å². The second-order valence-corrected chi connectivity index (χ2v) is 4.53. The van der Waals surface area contributed by atoms with Gasteiger partial charge in [0.05, 0.1) is 10.0 Å². The number of aromatic nitrogens is 1. The molecule has 0 radical (unpaired) electrons. The average molecular weight is 267 g/mol. The molecule has 2 nitrogen and oxygen atoms in total. The molecule has 2 aromatic rings. The van der Waals surface area contributed by atoms with Gasteiger partial charge in [-0.15, -0.1) is 0 Å². The molecule has 0 bridgehead atoms. The minimum Gasteiger partial charge on any atom is -0.329 e. The van der Waals surface area contributed by atoms with Crippen LogP contribution in [0.5, 0.6) is 0 Å². The number of rotatable bonds is 3. The predicted octanol–water partition coefficient (Wildman–Crippen LogP) is 3.48. The van der Waals surface area contributed by atoms with Gasteiger partial charge in [-0.05, 0) is 29.8 Å². The molecule has 0 saturated carbocycles. The Labute approximate surface area is 110 Å². The van der Waals surface area contributed by atoms with Crippen LogP contribution < -0.4 is 5.73 Å². The molecule has 1 aromatic heterocycles. The van der Waals surface area contributed by atoms with Crippen molar-refractivity contribution in [3.05, 3.63) is 63.9 Å². The first kappa shape index (κ1) is 12.4. The summed E-state index contributed by atoms with van der Waals surface area (Å²) in [6.07, 6.45) is 1.76. The highest BCUT2D eigenvalue weighted by Gasteiger charge is 2.14. The van der Waals surface area contributed by atoms with Crippen LogP contribution in [0.3, 0.4) is 0 Å². The zero-order valence-corrected chi connectivity index (χ0v) is 10.6. The predicted molar refractivity (Wildman–Crippen MR) is 71.6 cm³/mol. The topological polar surface area (TPSA) is 38.9 Å². The lowest BCUT2D eigenvalue weighted by Crippen LogP contribution is -2.15. The summed E-state index contributed by atoms with van der Waals surface area (Å²) < 4.78 is 0. The second-order valence-electron chi connectivity index (χ2n) is 3.72. The van der Waals surface area contributed by atoms with E-state index in [2.05, 4.69) is 4.98 Å². The summed E-state index contributed by atoms with van der Waals surface area (Å²) in [4.78, 5) is 4.32. The van der Waals surface area contributed by atoms with Gasteiger partial charge in [-0.1, -0.05) is 35.3 Å². The van der Waals surface area contributed by atoms with E-state index in [1.165, 1.54) is 0 Å². The molecule has 0 saturated heterocycles. The van der Waals surface area contributed by atoms with E-state index < -0.39 is 0 Å². The van der Waals surface area contributed by atoms with Crippen LogP contribution in [0.15, 0.2) is 42.6 Å². The number of pyridine rings is 1. The van der Waals surface area contributed by atoms with E-state index in [0.717, 1.165) is 11.3 Å². The summed E-state index contributed by atoms with van der Waals surface area (Å²) in [5, 5.41) is 1.09. The fraction of sp³-hybridized carbons (Fsp3) is 0.154. The highest BCUT2D eigenvalue weighted by atomic mass is 35.5. The molecule has 1 heterocycles. The maximum atomic E-state index is 6.01. The largest absolute Gasteiger partial charge is 0.329 e. The van der Waals surface area contributed by atoms with Gasteiger partial charge in [0.15, 0.2) is 0 Å². The molecule has 1 aromatic carbocycles. The molecule has 1 unspecified atom stereocenters. The lowest BCUT2D eigenvalue weighted by Gasteiger charge is -2.15. The zero-order valence-electron chi connectivity index (χ0n) is 9.11. The van der Waals surface area contributed by atoms with E-state index in [1.807, 2.05) is 30.3 Å². The Morgan fingerprint density at radius 3 is 2.53 bits per heavy atom. The fourth-order valence-corrected chi connectivity index (χ4v) is 2.05. The first-order chi connectivity index (χ1) is 8.22. The number of nitrogens with zero attached hydrogens (tertiary/aromatic N) is 1. The molecule has 88 valence electrons. The smallest absolute Gasteiger partial charge is 0.0595 e. The van der Waals surface area contributed by atoms with E-state index in [9.17, 15) is 0 Å². The van der Waals surface area contributed by atoms with Crippen LogP contribution in [0.1, 0.15) is 17.2 Å². The number of hydrogen-bond acceptors (Lipinski definition) is 2. The maximum Gasteiger partial charge on any atom is 0.0595 e. The SMILES string of the molecule is NCC(c1ccc(Cl)c(Cl)c1)c1ccccn1. The van der Waals surface area contributed by atoms with Crippen molar-refractivity contribution in [2.24, 2.45) is 5.73 Å². The Bertz CT molecular complexity index is 500. The van der Waals surface area contributed by atoms with Gasteiger partial charge in [0.2, 0.25) is 0 Å². The van der Waals surface area contributed by atoms with Gasteiger partial charge in [-0.2, -0.15) is 0 Å². The fourth-order valence-electron chi connectivity index (χ4n) is 1.74. The summed E-state index contributed by atoms with van der Waals surface area (Å²) in [5.74, 6) is 0.0472. The summed E-state index contributed by atoms with van der Waals surface area (Å²) >= 11 is 11.9. The second kappa shape index (κ2) is 5.50. The Kier molecular flexibility index (Phi) is 4.00. The van der Waals surface area contributed by atoms with Crippen molar-refractivity contribution in [1.29, 1.82) is 0 Å². The normalized spacial score (nSPS) is 12.4. The minimum atomic E-state index is 0.0472. The highest BCUT2D eigenvalue weighted by Crippen LogP contribution is 2.28. The van der Waals surface area contributed by atoms with Crippen LogP contribution in [0.4, 0.5) is 0 Å². The Morgan fingerprint density at radius 2 is 1.94 bits per heavy atom. The van der Waals surface area contributed by atoms with Gasteiger partial charge in [0.1, 0.15) is 0 Å². The molecular weight excluding hydrogens is 255 g/mol. The molecule has 0 amide bonds. The highest BCUT2D eigenvalue weighted by molar-refractivity contribution is 6.42. The molecule has 1 atom stereocenters. The summed E-state index contributed by atoms with van der Waals surface area (Å²) in [6, 6.07) is 11.3. The van der Waals surface area contributed by atoms with E-state index in [-0.39, 0.29) is 5.92 Å². The molecule has 2 rings (SSSR count). The first-order valence-electron chi connectivity index (χ1n) is 5.28. The van der Waals surface area contributed by atoms with Gasteiger partial charge in [0.25, 0.3) is 0 Å².